The number of nitrogens with zero attached hydrogens (tertiary/aromatic N) is 3. The third-order valence-corrected chi connectivity index (χ3v) is 3.97. The summed E-state index contributed by atoms with van der Waals surface area (Å²) in [7, 11) is 3.82. The fourth-order valence-electron chi connectivity index (χ4n) is 2.59. The van der Waals surface area contributed by atoms with Crippen LogP contribution < -0.4 is 0 Å². The number of halogens is 2. The average Bonchev–Trinajstić information content (AvgIpc) is 2.76. The van der Waals surface area contributed by atoms with Crippen molar-refractivity contribution in [1.82, 2.24) is 0 Å². The summed E-state index contributed by atoms with van der Waals surface area (Å²) in [6.07, 6.45) is 0. The predicted octanol–water partition coefficient (Wildman–Crippen LogP) is 3.43. The largest absolute Gasteiger partial charge is 0.464 e. The van der Waals surface area contributed by atoms with Crippen LogP contribution in [0.4, 0.5) is 8.78 Å². The normalized spacial score (nSPS) is 12.4. The Hall–Kier alpha value is -3.82. The van der Waals surface area contributed by atoms with Crippen LogP contribution in [0.15, 0.2) is 57.9 Å². The van der Waals surface area contributed by atoms with Gasteiger partial charge in [-0.2, -0.15) is 0 Å². The van der Waals surface area contributed by atoms with E-state index in [4.69, 9.17) is 19.2 Å². The first-order valence-electron chi connectivity index (χ1n) is 8.94. The van der Waals surface area contributed by atoms with Crippen LogP contribution in [0.25, 0.3) is 0 Å². The van der Waals surface area contributed by atoms with Gasteiger partial charge in [-0.1, -0.05) is 39.7 Å². The standard InChI is InChI=1S/C21H21F2N3O5/c1-13(19(25-29-3)17-10-9-15(22)11-18(17)23)24-31-12-14-7-5-6-8-16(14)20(26-30-4)21(27)28-2/h5-11H,12H2,1-4H3. The molecule has 0 aliphatic carbocycles. The molecule has 2 rings (SSSR count). The molecule has 10 heteroatoms. The molecular formula is C21H21F2N3O5. The lowest BCUT2D eigenvalue weighted by molar-refractivity contribution is -0.132. The van der Waals surface area contributed by atoms with Crippen molar-refractivity contribution >= 4 is 23.1 Å². The monoisotopic (exact) mass is 433 g/mol. The number of carbonyl (C=O) groups is 1. The summed E-state index contributed by atoms with van der Waals surface area (Å²) in [5, 5.41) is 11.4. The van der Waals surface area contributed by atoms with E-state index < -0.39 is 17.6 Å². The molecular weight excluding hydrogens is 412 g/mol. The lowest BCUT2D eigenvalue weighted by Gasteiger charge is -2.10. The Balaban J connectivity index is 2.28. The SMILES string of the molecule is CON=C(C(C)=NOCc1ccccc1C(=NOC)C(=O)OC)c1ccc(F)cc1F. The molecule has 0 amide bonds. The van der Waals surface area contributed by atoms with Gasteiger partial charge in [0.1, 0.15) is 43.9 Å². The highest BCUT2D eigenvalue weighted by atomic mass is 19.1. The Kier molecular flexibility index (Phi) is 8.62. The minimum Gasteiger partial charge on any atom is -0.464 e. The van der Waals surface area contributed by atoms with E-state index in [9.17, 15) is 13.6 Å². The van der Waals surface area contributed by atoms with Gasteiger partial charge in [-0.05, 0) is 19.1 Å². The van der Waals surface area contributed by atoms with E-state index in [2.05, 4.69) is 15.5 Å². The van der Waals surface area contributed by atoms with Crippen LogP contribution >= 0.6 is 0 Å². The van der Waals surface area contributed by atoms with E-state index >= 15 is 0 Å². The fraction of sp³-hybridized carbons (Fsp3) is 0.238. The topological polar surface area (TPSA) is 91.1 Å². The number of hydrogen-bond donors (Lipinski definition) is 0. The molecule has 0 aliphatic rings. The highest BCUT2D eigenvalue weighted by Gasteiger charge is 2.20. The fourth-order valence-corrected chi connectivity index (χ4v) is 2.59. The lowest BCUT2D eigenvalue weighted by atomic mass is 10.0. The van der Waals surface area contributed by atoms with Gasteiger partial charge in [0.05, 0.1) is 7.11 Å². The zero-order valence-corrected chi connectivity index (χ0v) is 17.4. The highest BCUT2D eigenvalue weighted by molar-refractivity contribution is 6.47. The van der Waals surface area contributed by atoms with Gasteiger partial charge >= 0.3 is 5.97 Å². The molecule has 0 spiro atoms. The summed E-state index contributed by atoms with van der Waals surface area (Å²) in [6, 6.07) is 9.86. The van der Waals surface area contributed by atoms with Crippen molar-refractivity contribution in [2.45, 2.75) is 13.5 Å². The molecule has 0 saturated carbocycles. The van der Waals surface area contributed by atoms with Crippen LogP contribution in [0.3, 0.4) is 0 Å². The summed E-state index contributed by atoms with van der Waals surface area (Å²) in [6.45, 7) is 1.47. The summed E-state index contributed by atoms with van der Waals surface area (Å²) >= 11 is 0. The maximum Gasteiger partial charge on any atom is 0.360 e. The van der Waals surface area contributed by atoms with Crippen molar-refractivity contribution in [3.05, 3.63) is 70.8 Å². The Bertz CT molecular complexity index is 1020. The van der Waals surface area contributed by atoms with Crippen molar-refractivity contribution in [2.24, 2.45) is 15.5 Å². The van der Waals surface area contributed by atoms with Gasteiger partial charge in [0.2, 0.25) is 0 Å². The van der Waals surface area contributed by atoms with Crippen LogP contribution in [0.5, 0.6) is 0 Å². The van der Waals surface area contributed by atoms with Gasteiger partial charge in [-0.25, -0.2) is 13.6 Å². The molecule has 2 aromatic carbocycles. The summed E-state index contributed by atoms with van der Waals surface area (Å²) in [5.74, 6) is -2.23. The maximum absolute atomic E-state index is 14.2. The van der Waals surface area contributed by atoms with Gasteiger partial charge in [-0.3, -0.25) is 0 Å². The first-order valence-corrected chi connectivity index (χ1v) is 8.94. The third-order valence-electron chi connectivity index (χ3n) is 3.97. The number of hydrogen-bond acceptors (Lipinski definition) is 8. The minimum absolute atomic E-state index is 0.00583. The van der Waals surface area contributed by atoms with E-state index in [1.54, 1.807) is 24.3 Å². The molecule has 164 valence electrons. The average molecular weight is 433 g/mol. The van der Waals surface area contributed by atoms with E-state index in [-0.39, 0.29) is 29.3 Å². The summed E-state index contributed by atoms with van der Waals surface area (Å²) < 4.78 is 32.1. The molecule has 0 saturated heterocycles. The van der Waals surface area contributed by atoms with Crippen molar-refractivity contribution in [2.75, 3.05) is 21.3 Å². The third kappa shape index (κ3) is 6.08. The molecule has 0 bridgehead atoms. The quantitative estimate of drug-likeness (QED) is 0.343. The minimum atomic E-state index is -0.825. The Morgan fingerprint density at radius 3 is 2.23 bits per heavy atom. The first-order chi connectivity index (χ1) is 14.9. The van der Waals surface area contributed by atoms with Gasteiger partial charge in [0.25, 0.3) is 0 Å². The molecule has 0 aliphatic heterocycles. The van der Waals surface area contributed by atoms with Gasteiger partial charge in [-0.15, -0.1) is 0 Å². The maximum atomic E-state index is 14.2. The van der Waals surface area contributed by atoms with Crippen molar-refractivity contribution < 1.29 is 32.8 Å². The van der Waals surface area contributed by atoms with Crippen LogP contribution in [0.1, 0.15) is 23.6 Å². The lowest BCUT2D eigenvalue weighted by Crippen LogP contribution is -2.19. The second kappa shape index (κ2) is 11.4. The summed E-state index contributed by atoms with van der Waals surface area (Å²) in [4.78, 5) is 26.9. The Morgan fingerprint density at radius 2 is 1.58 bits per heavy atom. The van der Waals surface area contributed by atoms with Crippen molar-refractivity contribution in [1.29, 1.82) is 0 Å². The molecule has 0 aromatic heterocycles. The molecule has 0 heterocycles. The van der Waals surface area contributed by atoms with E-state index in [0.717, 1.165) is 12.1 Å². The van der Waals surface area contributed by atoms with Crippen LogP contribution in [0.2, 0.25) is 0 Å². The number of methoxy groups -OCH3 is 1. The van der Waals surface area contributed by atoms with Crippen molar-refractivity contribution in [3.63, 3.8) is 0 Å². The molecule has 0 N–H and O–H groups in total. The van der Waals surface area contributed by atoms with E-state index in [1.807, 2.05) is 0 Å². The first kappa shape index (κ1) is 23.5. The van der Waals surface area contributed by atoms with Crippen molar-refractivity contribution in [3.8, 4) is 0 Å². The number of benzene rings is 2. The van der Waals surface area contributed by atoms with E-state index in [1.165, 1.54) is 34.3 Å². The molecule has 0 unspecified atom stereocenters. The zero-order valence-electron chi connectivity index (χ0n) is 17.4. The number of rotatable bonds is 9. The van der Waals surface area contributed by atoms with Gasteiger partial charge < -0.3 is 19.2 Å². The predicted molar refractivity (Wildman–Crippen MR) is 110 cm³/mol. The smallest absolute Gasteiger partial charge is 0.360 e. The van der Waals surface area contributed by atoms with Gasteiger partial charge in [0.15, 0.2) is 5.71 Å². The second-order valence-corrected chi connectivity index (χ2v) is 5.97. The molecule has 0 atom stereocenters. The van der Waals surface area contributed by atoms with Crippen LogP contribution in [-0.2, 0) is 30.7 Å². The number of oxime groups is 3. The zero-order chi connectivity index (χ0) is 22.8. The van der Waals surface area contributed by atoms with E-state index in [0.29, 0.717) is 11.1 Å². The Labute approximate surface area is 177 Å². The number of carbonyl (C=O) groups excluding carboxylic acids is 1. The number of esters is 1. The Morgan fingerprint density at radius 1 is 0.903 bits per heavy atom. The molecule has 0 fully saturated rings. The number of ether oxygens (including phenoxy) is 1. The van der Waals surface area contributed by atoms with Crippen LogP contribution in [0, 0.1) is 11.6 Å². The summed E-state index contributed by atoms with van der Waals surface area (Å²) in [5.41, 5.74) is 1.17. The van der Waals surface area contributed by atoms with Gasteiger partial charge in [0, 0.05) is 22.8 Å². The van der Waals surface area contributed by atoms with Crippen LogP contribution in [-0.4, -0.2) is 44.4 Å². The molecule has 8 nitrogen and oxygen atoms in total. The molecule has 0 radical (unpaired) electrons. The molecule has 31 heavy (non-hydrogen) atoms. The highest BCUT2D eigenvalue weighted by Crippen LogP contribution is 2.15. The molecule has 2 aromatic rings. The second-order valence-electron chi connectivity index (χ2n) is 5.97.